The maximum Gasteiger partial charge on any atom is 0.232 e. The van der Waals surface area contributed by atoms with Crippen molar-refractivity contribution in [2.75, 3.05) is 17.2 Å². The van der Waals surface area contributed by atoms with Crippen molar-refractivity contribution in [1.29, 1.82) is 0 Å². The minimum Gasteiger partial charge on any atom is -0.399 e. The molecular weight excluding hydrogens is 248 g/mol. The molecule has 5 heteroatoms. The maximum absolute atomic E-state index is 11.7. The quantitative estimate of drug-likeness (QED) is 0.749. The van der Waals surface area contributed by atoms with Gasteiger partial charge in [-0.05, 0) is 37.0 Å². The predicted octanol–water partition coefficient (Wildman–Crippen LogP) is 0.839. The van der Waals surface area contributed by atoms with Crippen molar-refractivity contribution >= 4 is 22.4 Å². The lowest BCUT2D eigenvalue weighted by molar-refractivity contribution is -0.118. The average molecular weight is 266 g/mol. The largest absolute Gasteiger partial charge is 0.399 e. The first kappa shape index (κ1) is 13.1. The molecule has 1 unspecified atom stereocenters. The van der Waals surface area contributed by atoms with E-state index in [1.807, 2.05) is 24.3 Å². The van der Waals surface area contributed by atoms with Crippen molar-refractivity contribution in [1.82, 2.24) is 5.32 Å². The monoisotopic (exact) mass is 266 g/mol. The second-order valence-electron chi connectivity index (χ2n) is 4.62. The van der Waals surface area contributed by atoms with Gasteiger partial charge in [-0.1, -0.05) is 12.1 Å². The Bertz CT molecular complexity index is 441. The van der Waals surface area contributed by atoms with Crippen molar-refractivity contribution in [3.05, 3.63) is 29.8 Å². The van der Waals surface area contributed by atoms with Crippen LogP contribution in [0.2, 0.25) is 0 Å². The molecule has 1 fully saturated rings. The summed E-state index contributed by atoms with van der Waals surface area (Å²) in [5.74, 6) is 0.543. The summed E-state index contributed by atoms with van der Waals surface area (Å²) in [6, 6.07) is 7.86. The van der Waals surface area contributed by atoms with Crippen LogP contribution in [0.1, 0.15) is 18.4 Å². The Labute approximate surface area is 109 Å². The number of hydrogen-bond acceptors (Lipinski definition) is 3. The van der Waals surface area contributed by atoms with E-state index in [1.54, 1.807) is 0 Å². The third kappa shape index (κ3) is 4.49. The number of carbonyl (C=O) groups excluding carboxylic acids is 1. The maximum atomic E-state index is 11.7. The highest BCUT2D eigenvalue weighted by Crippen LogP contribution is 2.18. The van der Waals surface area contributed by atoms with E-state index in [-0.39, 0.29) is 11.7 Å². The second kappa shape index (κ2) is 6.00. The molecule has 0 saturated heterocycles. The van der Waals surface area contributed by atoms with Crippen LogP contribution in [0.3, 0.4) is 0 Å². The number of nitrogen functional groups attached to an aromatic ring is 1. The van der Waals surface area contributed by atoms with Gasteiger partial charge in [0.05, 0.1) is 0 Å². The molecule has 2 rings (SSSR count). The number of amides is 1. The van der Waals surface area contributed by atoms with E-state index >= 15 is 0 Å². The fraction of sp³-hybridized carbons (Fsp3) is 0.462. The smallest absolute Gasteiger partial charge is 0.232 e. The lowest BCUT2D eigenvalue weighted by Crippen LogP contribution is -2.30. The number of benzene rings is 1. The third-order valence-electron chi connectivity index (χ3n) is 2.83. The molecule has 0 aromatic heterocycles. The molecule has 1 aliphatic rings. The molecule has 1 aliphatic carbocycles. The molecular formula is C13H18N2O2S. The van der Waals surface area contributed by atoms with Crippen molar-refractivity contribution in [3.8, 4) is 0 Å². The molecule has 1 aromatic carbocycles. The van der Waals surface area contributed by atoms with Crippen LogP contribution < -0.4 is 11.1 Å². The Morgan fingerprint density at radius 1 is 1.33 bits per heavy atom. The van der Waals surface area contributed by atoms with Gasteiger partial charge < -0.3 is 11.1 Å². The van der Waals surface area contributed by atoms with E-state index in [9.17, 15) is 9.00 Å². The summed E-state index contributed by atoms with van der Waals surface area (Å²) in [4.78, 5) is 11.4. The van der Waals surface area contributed by atoms with E-state index in [1.165, 1.54) is 0 Å². The Kier molecular flexibility index (Phi) is 4.36. The first-order valence-corrected chi connectivity index (χ1v) is 7.61. The molecule has 0 spiro atoms. The molecule has 0 aliphatic heterocycles. The van der Waals surface area contributed by atoms with Crippen molar-refractivity contribution in [3.63, 3.8) is 0 Å². The number of nitrogens with two attached hydrogens (primary N) is 1. The minimum atomic E-state index is -1.09. The van der Waals surface area contributed by atoms with E-state index in [4.69, 9.17) is 5.73 Å². The van der Waals surface area contributed by atoms with Crippen LogP contribution in [0, 0.1) is 0 Å². The lowest BCUT2D eigenvalue weighted by Gasteiger charge is -2.04. The van der Waals surface area contributed by atoms with Gasteiger partial charge in [0, 0.05) is 28.3 Å². The number of hydrogen-bond donors (Lipinski definition) is 2. The Hall–Kier alpha value is -1.36. The van der Waals surface area contributed by atoms with Crippen LogP contribution in [-0.4, -0.2) is 27.7 Å². The molecule has 1 aromatic rings. The average Bonchev–Trinajstić information content (AvgIpc) is 3.12. The Morgan fingerprint density at radius 2 is 2.00 bits per heavy atom. The number of aryl methyl sites for hydroxylation is 1. The van der Waals surface area contributed by atoms with Crippen molar-refractivity contribution in [2.45, 2.75) is 25.3 Å². The molecule has 98 valence electrons. The van der Waals surface area contributed by atoms with E-state index < -0.39 is 10.8 Å². The Balaban J connectivity index is 1.70. The summed E-state index contributed by atoms with van der Waals surface area (Å²) >= 11 is 0. The molecule has 18 heavy (non-hydrogen) atoms. The van der Waals surface area contributed by atoms with Crippen molar-refractivity contribution < 1.29 is 9.00 Å². The summed E-state index contributed by atoms with van der Waals surface area (Å²) in [6.45, 7) is 0. The molecule has 1 saturated carbocycles. The SMILES string of the molecule is Nc1ccc(CCS(=O)CC(=O)NC2CC2)cc1. The summed E-state index contributed by atoms with van der Waals surface area (Å²) in [5.41, 5.74) is 7.41. The van der Waals surface area contributed by atoms with Crippen LogP contribution >= 0.6 is 0 Å². The molecule has 1 atom stereocenters. The van der Waals surface area contributed by atoms with Gasteiger partial charge in [-0.15, -0.1) is 0 Å². The van der Waals surface area contributed by atoms with Crippen molar-refractivity contribution in [2.24, 2.45) is 0 Å². The van der Waals surface area contributed by atoms with Crippen LogP contribution in [-0.2, 0) is 22.0 Å². The third-order valence-corrected chi connectivity index (χ3v) is 4.08. The number of carbonyl (C=O) groups is 1. The topological polar surface area (TPSA) is 72.2 Å². The van der Waals surface area contributed by atoms with Gasteiger partial charge in [-0.2, -0.15) is 0 Å². The highest BCUT2D eigenvalue weighted by atomic mass is 32.2. The fourth-order valence-corrected chi connectivity index (χ4v) is 2.61. The zero-order valence-electron chi connectivity index (χ0n) is 10.2. The lowest BCUT2D eigenvalue weighted by atomic mass is 10.2. The van der Waals surface area contributed by atoms with E-state index in [2.05, 4.69) is 5.32 Å². The van der Waals surface area contributed by atoms with Gasteiger partial charge in [-0.3, -0.25) is 9.00 Å². The second-order valence-corrected chi connectivity index (χ2v) is 6.20. The number of rotatable bonds is 6. The van der Waals surface area contributed by atoms with Gasteiger partial charge in [-0.25, -0.2) is 0 Å². The molecule has 0 bridgehead atoms. The van der Waals surface area contributed by atoms with Crippen LogP contribution in [0.25, 0.3) is 0 Å². The molecule has 4 nitrogen and oxygen atoms in total. The standard InChI is InChI=1S/C13H18N2O2S/c14-11-3-1-10(2-4-11)7-8-18(17)9-13(16)15-12-5-6-12/h1-4,12H,5-9,14H2,(H,15,16). The minimum absolute atomic E-state index is 0.0897. The zero-order valence-corrected chi connectivity index (χ0v) is 11.0. The Morgan fingerprint density at radius 3 is 2.61 bits per heavy atom. The summed E-state index contributed by atoms with van der Waals surface area (Å²) in [6.07, 6.45) is 2.83. The van der Waals surface area contributed by atoms with Crippen LogP contribution in [0.4, 0.5) is 5.69 Å². The first-order valence-electron chi connectivity index (χ1n) is 6.12. The number of anilines is 1. The predicted molar refractivity (Wildman–Crippen MR) is 73.6 cm³/mol. The first-order chi connectivity index (χ1) is 8.63. The summed E-state index contributed by atoms with van der Waals surface area (Å²) in [7, 11) is -1.09. The highest BCUT2D eigenvalue weighted by molar-refractivity contribution is 7.85. The zero-order chi connectivity index (χ0) is 13.0. The normalized spacial score (nSPS) is 16.2. The highest BCUT2D eigenvalue weighted by Gasteiger charge is 2.23. The fourth-order valence-electron chi connectivity index (χ4n) is 1.63. The van der Waals surface area contributed by atoms with Crippen LogP contribution in [0.15, 0.2) is 24.3 Å². The van der Waals surface area contributed by atoms with Gasteiger partial charge in [0.2, 0.25) is 5.91 Å². The van der Waals surface area contributed by atoms with Gasteiger partial charge in [0.25, 0.3) is 0 Å². The molecule has 1 amide bonds. The number of nitrogens with one attached hydrogen (secondary N) is 1. The molecule has 0 heterocycles. The van der Waals surface area contributed by atoms with Crippen LogP contribution in [0.5, 0.6) is 0 Å². The van der Waals surface area contributed by atoms with E-state index in [0.717, 1.165) is 24.1 Å². The van der Waals surface area contributed by atoms with Gasteiger partial charge in [0.1, 0.15) is 5.75 Å². The molecule has 0 radical (unpaired) electrons. The van der Waals surface area contributed by atoms with Gasteiger partial charge in [0.15, 0.2) is 0 Å². The summed E-state index contributed by atoms with van der Waals surface area (Å²) in [5, 5.41) is 2.84. The van der Waals surface area contributed by atoms with E-state index in [0.29, 0.717) is 18.2 Å². The molecule has 3 N–H and O–H groups in total. The summed E-state index contributed by atoms with van der Waals surface area (Å²) < 4.78 is 11.7. The van der Waals surface area contributed by atoms with Gasteiger partial charge >= 0.3 is 0 Å².